The highest BCUT2D eigenvalue weighted by Crippen LogP contribution is 2.28. The summed E-state index contributed by atoms with van der Waals surface area (Å²) >= 11 is 1.68. The molecular weight excluding hydrogens is 540 g/mol. The number of rotatable bonds is 9. The van der Waals surface area contributed by atoms with E-state index in [9.17, 15) is 9.18 Å². The summed E-state index contributed by atoms with van der Waals surface area (Å²) in [6.45, 7) is 8.62. The van der Waals surface area contributed by atoms with Crippen molar-refractivity contribution >= 4 is 47.6 Å². The molecule has 0 spiro atoms. The van der Waals surface area contributed by atoms with Crippen molar-refractivity contribution in [1.82, 2.24) is 20.4 Å². The van der Waals surface area contributed by atoms with Gasteiger partial charge in [0.05, 0.1) is 6.54 Å². The zero-order valence-corrected chi connectivity index (χ0v) is 22.4. The molecule has 1 amide bonds. The van der Waals surface area contributed by atoms with Crippen LogP contribution < -0.4 is 10.6 Å². The summed E-state index contributed by atoms with van der Waals surface area (Å²) in [7, 11) is 0. The Kier molecular flexibility index (Phi) is 12.1. The normalized spacial score (nSPS) is 17.5. The molecule has 0 unspecified atom stereocenters. The average molecular weight is 578 g/mol. The van der Waals surface area contributed by atoms with Gasteiger partial charge in [0.25, 0.3) is 0 Å². The minimum absolute atomic E-state index is 0. The summed E-state index contributed by atoms with van der Waals surface area (Å²) in [6.07, 6.45) is 5.38. The van der Waals surface area contributed by atoms with Crippen molar-refractivity contribution < 1.29 is 9.18 Å². The summed E-state index contributed by atoms with van der Waals surface area (Å²) in [4.78, 5) is 21.5. The number of hydrogen-bond donors (Lipinski definition) is 2. The van der Waals surface area contributed by atoms with Gasteiger partial charge in [-0.05, 0) is 49.3 Å². The number of halogens is 2. The number of nitrogens with one attached hydrogen (secondary N) is 2. The first-order valence-corrected chi connectivity index (χ1v) is 12.8. The molecule has 6 nitrogen and oxygen atoms in total. The second kappa shape index (κ2) is 14.2. The first kappa shape index (κ1) is 27.2. The molecule has 32 heavy (non-hydrogen) atoms. The molecule has 1 heterocycles. The zero-order chi connectivity index (χ0) is 22.1. The van der Waals surface area contributed by atoms with Gasteiger partial charge in [-0.1, -0.05) is 12.5 Å². The van der Waals surface area contributed by atoms with Crippen LogP contribution in [-0.2, 0) is 17.1 Å². The number of guanidine groups is 1. The van der Waals surface area contributed by atoms with Gasteiger partial charge in [-0.3, -0.25) is 9.69 Å². The van der Waals surface area contributed by atoms with Crippen LogP contribution in [0.1, 0.15) is 37.3 Å². The Balaban J connectivity index is 0.00000363. The molecule has 180 valence electrons. The maximum atomic E-state index is 13.6. The molecule has 1 saturated carbocycles. The number of carbonyl (C=O) groups excluding carboxylic acids is 1. The lowest BCUT2D eigenvalue weighted by molar-refractivity contribution is -0.139. The number of nitrogens with zero attached hydrogens (tertiary/aromatic N) is 3. The lowest BCUT2D eigenvalue weighted by Crippen LogP contribution is -2.52. The van der Waals surface area contributed by atoms with Crippen molar-refractivity contribution in [1.29, 1.82) is 0 Å². The SMILES string of the molecule is CCNC(=NCc1ccc(F)cc1CSC)NCCN1CCN(C(=O)C2CCC2)CC1.I. The van der Waals surface area contributed by atoms with Crippen LogP contribution in [0, 0.1) is 11.7 Å². The van der Waals surface area contributed by atoms with Gasteiger partial charge in [-0.25, -0.2) is 9.38 Å². The van der Waals surface area contributed by atoms with Crippen LogP contribution >= 0.6 is 35.7 Å². The molecule has 1 aliphatic heterocycles. The highest BCUT2D eigenvalue weighted by Gasteiger charge is 2.30. The number of benzene rings is 1. The van der Waals surface area contributed by atoms with E-state index in [1.807, 2.05) is 24.1 Å². The molecule has 2 aliphatic rings. The molecule has 1 aromatic rings. The molecule has 9 heteroatoms. The fourth-order valence-corrected chi connectivity index (χ4v) is 4.56. The number of amides is 1. The van der Waals surface area contributed by atoms with Gasteiger partial charge in [0.2, 0.25) is 5.91 Å². The van der Waals surface area contributed by atoms with Crippen LogP contribution in [0.2, 0.25) is 0 Å². The molecule has 3 rings (SSSR count). The van der Waals surface area contributed by atoms with Gasteiger partial charge in [0, 0.05) is 57.5 Å². The second-order valence-corrected chi connectivity index (χ2v) is 9.13. The summed E-state index contributed by atoms with van der Waals surface area (Å²) in [5.41, 5.74) is 2.06. The summed E-state index contributed by atoms with van der Waals surface area (Å²) in [5, 5.41) is 6.70. The quantitative estimate of drug-likeness (QED) is 0.268. The number of hydrogen-bond acceptors (Lipinski definition) is 4. The number of aliphatic imine (C=N–C) groups is 1. The van der Waals surface area contributed by atoms with Gasteiger partial charge >= 0.3 is 0 Å². The molecule has 1 aliphatic carbocycles. The van der Waals surface area contributed by atoms with Crippen LogP contribution in [0.4, 0.5) is 4.39 Å². The number of carbonyl (C=O) groups is 1. The predicted molar refractivity (Wildman–Crippen MR) is 142 cm³/mol. The van der Waals surface area contributed by atoms with Crippen molar-refractivity contribution in [3.63, 3.8) is 0 Å². The molecular formula is C23H37FIN5OS. The fraction of sp³-hybridized carbons (Fsp3) is 0.652. The third-order valence-corrected chi connectivity index (χ3v) is 6.68. The van der Waals surface area contributed by atoms with Crippen molar-refractivity contribution in [3.8, 4) is 0 Å². The molecule has 1 aromatic carbocycles. The van der Waals surface area contributed by atoms with E-state index in [2.05, 4.69) is 15.5 Å². The molecule has 0 bridgehead atoms. The van der Waals surface area contributed by atoms with Gasteiger partial charge in [0.1, 0.15) is 5.82 Å². The van der Waals surface area contributed by atoms with Crippen molar-refractivity contribution in [2.45, 2.75) is 38.5 Å². The first-order valence-electron chi connectivity index (χ1n) is 11.4. The minimum atomic E-state index is -0.198. The third-order valence-electron chi connectivity index (χ3n) is 6.08. The first-order chi connectivity index (χ1) is 15.1. The highest BCUT2D eigenvalue weighted by molar-refractivity contribution is 14.0. The fourth-order valence-electron chi connectivity index (χ4n) is 3.98. The largest absolute Gasteiger partial charge is 0.357 e. The van der Waals surface area contributed by atoms with Gasteiger partial charge < -0.3 is 15.5 Å². The summed E-state index contributed by atoms with van der Waals surface area (Å²) in [6, 6.07) is 4.94. The van der Waals surface area contributed by atoms with Crippen LogP contribution in [0.25, 0.3) is 0 Å². The van der Waals surface area contributed by atoms with Crippen molar-refractivity contribution in [2.75, 3.05) is 52.1 Å². The molecule has 1 saturated heterocycles. The lowest BCUT2D eigenvalue weighted by Gasteiger charge is -2.38. The van der Waals surface area contributed by atoms with Gasteiger partial charge in [-0.15, -0.1) is 24.0 Å². The van der Waals surface area contributed by atoms with Crippen molar-refractivity contribution in [3.05, 3.63) is 35.1 Å². The van der Waals surface area contributed by atoms with E-state index < -0.39 is 0 Å². The molecule has 0 atom stereocenters. The molecule has 2 fully saturated rings. The Bertz CT molecular complexity index is 754. The Labute approximate surface area is 213 Å². The summed E-state index contributed by atoms with van der Waals surface area (Å²) < 4.78 is 13.6. The smallest absolute Gasteiger partial charge is 0.225 e. The topological polar surface area (TPSA) is 60.0 Å². The van der Waals surface area contributed by atoms with E-state index >= 15 is 0 Å². The van der Waals surface area contributed by atoms with E-state index in [0.29, 0.717) is 18.4 Å². The average Bonchev–Trinajstić information content (AvgIpc) is 2.72. The Hall–Kier alpha value is -1.07. The Morgan fingerprint density at radius 1 is 1.19 bits per heavy atom. The monoisotopic (exact) mass is 577 g/mol. The molecule has 0 aromatic heterocycles. The summed E-state index contributed by atoms with van der Waals surface area (Å²) in [5.74, 6) is 2.02. The molecule has 2 N–H and O–H groups in total. The van der Waals surface area contributed by atoms with Crippen LogP contribution in [0.3, 0.4) is 0 Å². The molecule has 0 radical (unpaired) electrons. The van der Waals surface area contributed by atoms with E-state index in [0.717, 1.165) is 81.5 Å². The standard InChI is InChI=1S/C23H36FN5OS.HI/c1-3-25-23(27-16-19-7-8-21(24)15-20(19)17-31-2)26-9-10-28-11-13-29(14-12-28)22(30)18-5-4-6-18;/h7-8,15,18H,3-6,9-14,16-17H2,1-2H3,(H2,25,26,27);1H. The van der Waals surface area contributed by atoms with Crippen LogP contribution in [0.15, 0.2) is 23.2 Å². The van der Waals surface area contributed by atoms with E-state index in [4.69, 9.17) is 4.99 Å². The Morgan fingerprint density at radius 3 is 2.56 bits per heavy atom. The number of piperazine rings is 1. The lowest BCUT2D eigenvalue weighted by atomic mass is 9.84. The highest BCUT2D eigenvalue weighted by atomic mass is 127. The number of thioether (sulfide) groups is 1. The zero-order valence-electron chi connectivity index (χ0n) is 19.2. The van der Waals surface area contributed by atoms with E-state index in [1.54, 1.807) is 17.8 Å². The maximum absolute atomic E-state index is 13.6. The predicted octanol–water partition coefficient (Wildman–Crippen LogP) is 3.31. The second-order valence-electron chi connectivity index (χ2n) is 8.26. The maximum Gasteiger partial charge on any atom is 0.225 e. The van der Waals surface area contributed by atoms with Crippen molar-refractivity contribution in [2.24, 2.45) is 10.9 Å². The minimum Gasteiger partial charge on any atom is -0.357 e. The van der Waals surface area contributed by atoms with E-state index in [-0.39, 0.29) is 29.8 Å². The Morgan fingerprint density at radius 2 is 1.94 bits per heavy atom. The van der Waals surface area contributed by atoms with Crippen LogP contribution in [-0.4, -0.2) is 73.7 Å². The third kappa shape index (κ3) is 8.06. The van der Waals surface area contributed by atoms with E-state index in [1.165, 1.54) is 12.5 Å². The van der Waals surface area contributed by atoms with Crippen LogP contribution in [0.5, 0.6) is 0 Å². The van der Waals surface area contributed by atoms with Gasteiger partial charge in [-0.2, -0.15) is 11.8 Å². The van der Waals surface area contributed by atoms with Gasteiger partial charge in [0.15, 0.2) is 5.96 Å².